The Morgan fingerprint density at radius 3 is 2.65 bits per heavy atom. The molecule has 280 valence electrons. The van der Waals surface area contributed by atoms with Crippen LogP contribution in [-0.4, -0.2) is 99.7 Å². The Labute approximate surface area is 310 Å². The van der Waals surface area contributed by atoms with Gasteiger partial charge in [-0.3, -0.25) is 9.80 Å². The van der Waals surface area contributed by atoms with Crippen LogP contribution in [0.15, 0.2) is 34.7 Å². The van der Waals surface area contributed by atoms with Crippen LogP contribution in [0.3, 0.4) is 0 Å². The number of alkyl halides is 1. The number of terminal acetylenes is 1. The van der Waals surface area contributed by atoms with Crippen molar-refractivity contribution in [2.24, 2.45) is 11.8 Å². The summed E-state index contributed by atoms with van der Waals surface area (Å²) < 4.78 is 60.4. The van der Waals surface area contributed by atoms with E-state index in [2.05, 4.69) is 20.6 Å². The predicted molar refractivity (Wildman–Crippen MR) is 199 cm³/mol. The highest BCUT2D eigenvalue weighted by atomic mass is 19.1. The number of rotatable bonds is 8. The fourth-order valence-electron chi connectivity index (χ4n) is 10.4. The van der Waals surface area contributed by atoms with Gasteiger partial charge in [0.15, 0.2) is 5.82 Å². The van der Waals surface area contributed by atoms with Gasteiger partial charge in [-0.05, 0) is 87.1 Å². The van der Waals surface area contributed by atoms with Gasteiger partial charge < -0.3 is 24.3 Å². The Morgan fingerprint density at radius 2 is 1.89 bits per heavy atom. The maximum absolute atomic E-state index is 17.7. The third-order valence-corrected chi connectivity index (χ3v) is 13.0. The van der Waals surface area contributed by atoms with E-state index in [9.17, 15) is 14.6 Å². The molecule has 1 aliphatic carbocycles. The molecule has 4 aliphatic heterocycles. The molecule has 10 rings (SSSR count). The summed E-state index contributed by atoms with van der Waals surface area (Å²) in [4.78, 5) is 16.8. The molecule has 0 amide bonds. The van der Waals surface area contributed by atoms with E-state index in [0.29, 0.717) is 65.6 Å². The zero-order valence-corrected chi connectivity index (χ0v) is 30.1. The van der Waals surface area contributed by atoms with Gasteiger partial charge in [-0.25, -0.2) is 13.2 Å². The molecular formula is C42H42F3N5O4. The van der Waals surface area contributed by atoms with Crippen LogP contribution in [0.2, 0.25) is 0 Å². The molecule has 6 heterocycles. The number of furan rings is 1. The Balaban J connectivity index is 1.15. The molecule has 4 unspecified atom stereocenters. The largest absolute Gasteiger partial charge is 0.508 e. The number of halogens is 3. The van der Waals surface area contributed by atoms with Crippen molar-refractivity contribution in [3.8, 4) is 35.2 Å². The summed E-state index contributed by atoms with van der Waals surface area (Å²) >= 11 is 0. The number of phenols is 1. The van der Waals surface area contributed by atoms with Crippen LogP contribution in [-0.2, 0) is 0 Å². The molecule has 0 radical (unpaired) electrons. The molecular weight excluding hydrogens is 695 g/mol. The molecule has 3 aromatic carbocycles. The van der Waals surface area contributed by atoms with Crippen LogP contribution in [0, 0.1) is 42.7 Å². The van der Waals surface area contributed by atoms with Crippen molar-refractivity contribution in [2.45, 2.75) is 69.2 Å². The Hall–Kier alpha value is -4.57. The molecule has 54 heavy (non-hydrogen) atoms. The summed E-state index contributed by atoms with van der Waals surface area (Å²) in [7, 11) is 0. The number of aliphatic hydroxyl groups is 1. The molecule has 12 heteroatoms. The van der Waals surface area contributed by atoms with Gasteiger partial charge in [0, 0.05) is 67.6 Å². The SMILES string of the molecule is C#Cc1c(F)ccc2cc(O)cc(-c3c(F)c4nc(OC[C@@]56CCCN5C[C@H](F)C6)nc(N5CC6CCC(C5)N6CC5CC5CO)c4c4cc(C)oc34)c12. The minimum atomic E-state index is -0.940. The van der Waals surface area contributed by atoms with E-state index in [1.807, 2.05) is 6.07 Å². The molecule has 5 aliphatic rings. The third-order valence-electron chi connectivity index (χ3n) is 13.0. The summed E-state index contributed by atoms with van der Waals surface area (Å²) in [5.41, 5.74) is -0.147. The van der Waals surface area contributed by atoms with E-state index < -0.39 is 23.3 Å². The molecule has 1 saturated carbocycles. The highest BCUT2D eigenvalue weighted by Crippen LogP contribution is 2.48. The second-order valence-electron chi connectivity index (χ2n) is 16.3. The number of aromatic hydroxyl groups is 1. The van der Waals surface area contributed by atoms with Crippen molar-refractivity contribution < 1.29 is 32.5 Å². The van der Waals surface area contributed by atoms with Gasteiger partial charge >= 0.3 is 6.01 Å². The number of fused-ring (bicyclic) bond motifs is 7. The van der Waals surface area contributed by atoms with E-state index >= 15 is 8.78 Å². The molecule has 0 spiro atoms. The standard InChI is InChI=1S/C42H42F3N5O4/c1-3-30-33(44)8-5-23-13-29(52)14-31(34(23)30)35-37(45)38-36(32-11-22(2)54-39(32)35)40(47-41(46-38)53-21-42-9-4-10-49(42)17-26(43)15-42)48-18-27-6-7-28(19-48)50(27)16-24-12-25(24)20-51/h1,5,8,11,13-14,24-28,51-52H,4,6-7,9-10,12,15-21H2,2H3/t24?,25?,26-,27?,28?,42+/m1/s1. The first kappa shape index (κ1) is 34.0. The van der Waals surface area contributed by atoms with Gasteiger partial charge in [0.05, 0.1) is 22.1 Å². The molecule has 5 fully saturated rings. The highest BCUT2D eigenvalue weighted by Gasteiger charge is 2.50. The van der Waals surface area contributed by atoms with Crippen molar-refractivity contribution in [3.05, 3.63) is 53.3 Å². The normalized spacial score (nSPS) is 28.1. The number of hydrogen-bond donors (Lipinski definition) is 2. The summed E-state index contributed by atoms with van der Waals surface area (Å²) in [5.74, 6) is 2.84. The Morgan fingerprint density at radius 1 is 1.07 bits per heavy atom. The predicted octanol–water partition coefficient (Wildman–Crippen LogP) is 6.71. The van der Waals surface area contributed by atoms with Gasteiger partial charge in [0.2, 0.25) is 0 Å². The Bertz CT molecular complexity index is 2380. The number of ether oxygens (including phenoxy) is 1. The molecule has 9 nitrogen and oxygen atoms in total. The second kappa shape index (κ2) is 12.5. The van der Waals surface area contributed by atoms with Crippen LogP contribution in [0.4, 0.5) is 19.0 Å². The minimum Gasteiger partial charge on any atom is -0.508 e. The third kappa shape index (κ3) is 5.26. The van der Waals surface area contributed by atoms with Crippen LogP contribution < -0.4 is 9.64 Å². The first-order chi connectivity index (χ1) is 26.1. The van der Waals surface area contributed by atoms with Crippen molar-refractivity contribution in [3.63, 3.8) is 0 Å². The van der Waals surface area contributed by atoms with E-state index in [0.717, 1.165) is 45.2 Å². The van der Waals surface area contributed by atoms with Crippen LogP contribution in [0.5, 0.6) is 11.8 Å². The lowest BCUT2D eigenvalue weighted by Gasteiger charge is -2.42. The number of hydrogen-bond acceptors (Lipinski definition) is 9. The molecule has 2 aromatic heterocycles. The van der Waals surface area contributed by atoms with E-state index in [-0.39, 0.29) is 70.2 Å². The lowest BCUT2D eigenvalue weighted by Crippen LogP contribution is -2.54. The number of piperazine rings is 1. The summed E-state index contributed by atoms with van der Waals surface area (Å²) in [6.07, 6.45) is 10.1. The van der Waals surface area contributed by atoms with Crippen molar-refractivity contribution in [1.29, 1.82) is 0 Å². The monoisotopic (exact) mass is 737 g/mol. The molecule has 2 bridgehead atoms. The van der Waals surface area contributed by atoms with E-state index in [1.54, 1.807) is 6.92 Å². The maximum atomic E-state index is 17.7. The minimum absolute atomic E-state index is 0.000111. The number of aryl methyl sites for hydroxylation is 1. The fraction of sp³-hybridized carbons (Fsp3) is 0.476. The van der Waals surface area contributed by atoms with Crippen molar-refractivity contribution >= 4 is 38.5 Å². The topological polar surface area (TPSA) is 98.3 Å². The quantitative estimate of drug-likeness (QED) is 0.169. The van der Waals surface area contributed by atoms with E-state index in [4.69, 9.17) is 25.5 Å². The average molecular weight is 738 g/mol. The van der Waals surface area contributed by atoms with Gasteiger partial charge in [0.1, 0.15) is 47.0 Å². The number of benzene rings is 3. The van der Waals surface area contributed by atoms with Gasteiger partial charge in [0.25, 0.3) is 0 Å². The summed E-state index contributed by atoms with van der Waals surface area (Å²) in [6.45, 7) is 5.65. The van der Waals surface area contributed by atoms with Crippen LogP contribution >= 0.6 is 0 Å². The lowest BCUT2D eigenvalue weighted by atomic mass is 9.91. The van der Waals surface area contributed by atoms with Crippen LogP contribution in [0.25, 0.3) is 43.8 Å². The lowest BCUT2D eigenvalue weighted by molar-refractivity contribution is 0.107. The van der Waals surface area contributed by atoms with Gasteiger partial charge in [-0.15, -0.1) is 6.42 Å². The first-order valence-corrected chi connectivity index (χ1v) is 19.1. The van der Waals surface area contributed by atoms with E-state index in [1.165, 1.54) is 24.3 Å². The smallest absolute Gasteiger partial charge is 0.319 e. The summed E-state index contributed by atoms with van der Waals surface area (Å²) in [6, 6.07) is 7.95. The molecule has 2 N–H and O–H groups in total. The van der Waals surface area contributed by atoms with Crippen molar-refractivity contribution in [1.82, 2.24) is 19.8 Å². The maximum Gasteiger partial charge on any atom is 0.319 e. The first-order valence-electron chi connectivity index (χ1n) is 19.1. The molecule has 5 aromatic rings. The highest BCUT2D eigenvalue weighted by molar-refractivity contribution is 6.18. The van der Waals surface area contributed by atoms with Crippen molar-refractivity contribution in [2.75, 3.05) is 50.8 Å². The Kier molecular flexibility index (Phi) is 7.85. The number of anilines is 1. The molecule has 4 saturated heterocycles. The number of aromatic nitrogens is 2. The molecule has 6 atom stereocenters. The number of nitrogens with zero attached hydrogens (tertiary/aromatic N) is 5. The number of aliphatic hydroxyl groups excluding tert-OH is 1. The summed E-state index contributed by atoms with van der Waals surface area (Å²) in [5, 5.41) is 22.3. The fourth-order valence-corrected chi connectivity index (χ4v) is 10.4. The van der Waals surface area contributed by atoms with Crippen LogP contribution in [0.1, 0.15) is 49.8 Å². The van der Waals surface area contributed by atoms with Gasteiger partial charge in [-0.2, -0.15) is 9.97 Å². The number of phenolic OH excluding ortho intramolecular Hbond substituents is 1. The van der Waals surface area contributed by atoms with Gasteiger partial charge in [-0.1, -0.05) is 12.0 Å². The zero-order chi connectivity index (χ0) is 37.0. The zero-order valence-electron chi connectivity index (χ0n) is 30.1. The second-order valence-corrected chi connectivity index (χ2v) is 16.3. The average Bonchev–Trinajstić information content (AvgIpc) is 3.28.